The van der Waals surface area contributed by atoms with Gasteiger partial charge in [-0.2, -0.15) is 0 Å². The molecule has 0 saturated carbocycles. The van der Waals surface area contributed by atoms with Gasteiger partial charge in [-0.05, 0) is 12.8 Å². The van der Waals surface area contributed by atoms with Gasteiger partial charge < -0.3 is 9.67 Å². The standard InChI is InChI=1S/C13H21N3O2/c1-3-13(4-2,12(17)18)10-15-7-8-16-6-5-14-11(16)9-15/h5-6H,3-4,7-10H2,1-2H3,(H,17,18). The van der Waals surface area contributed by atoms with Gasteiger partial charge in [0.2, 0.25) is 0 Å². The van der Waals surface area contributed by atoms with Crippen molar-refractivity contribution >= 4 is 5.97 Å². The molecule has 0 radical (unpaired) electrons. The molecule has 0 spiro atoms. The fourth-order valence-electron chi connectivity index (χ4n) is 2.63. The third-order valence-corrected chi connectivity index (χ3v) is 4.16. The number of carbonyl (C=O) groups is 1. The van der Waals surface area contributed by atoms with Crippen LogP contribution in [0.1, 0.15) is 32.5 Å². The van der Waals surface area contributed by atoms with Gasteiger partial charge in [-0.15, -0.1) is 0 Å². The van der Waals surface area contributed by atoms with E-state index in [9.17, 15) is 9.90 Å². The minimum atomic E-state index is -0.679. The van der Waals surface area contributed by atoms with Gasteiger partial charge in [0.25, 0.3) is 0 Å². The number of aliphatic carboxylic acids is 1. The van der Waals surface area contributed by atoms with Crippen LogP contribution in [0, 0.1) is 5.41 Å². The monoisotopic (exact) mass is 251 g/mol. The average Bonchev–Trinajstić information content (AvgIpc) is 2.83. The Morgan fingerprint density at radius 3 is 2.78 bits per heavy atom. The first-order valence-electron chi connectivity index (χ1n) is 6.57. The highest BCUT2D eigenvalue weighted by Crippen LogP contribution is 2.29. The van der Waals surface area contributed by atoms with E-state index in [2.05, 4.69) is 14.5 Å². The number of aromatic nitrogens is 2. The van der Waals surface area contributed by atoms with Crippen molar-refractivity contribution in [3.05, 3.63) is 18.2 Å². The van der Waals surface area contributed by atoms with E-state index in [4.69, 9.17) is 0 Å². The van der Waals surface area contributed by atoms with E-state index in [1.807, 2.05) is 26.2 Å². The molecule has 0 atom stereocenters. The molecule has 1 aliphatic rings. The smallest absolute Gasteiger partial charge is 0.310 e. The topological polar surface area (TPSA) is 58.4 Å². The molecule has 1 aromatic rings. The molecule has 5 nitrogen and oxygen atoms in total. The first-order valence-corrected chi connectivity index (χ1v) is 6.57. The van der Waals surface area contributed by atoms with E-state index in [1.54, 1.807) is 0 Å². The molecule has 100 valence electrons. The molecule has 0 aromatic carbocycles. The highest BCUT2D eigenvalue weighted by atomic mass is 16.4. The van der Waals surface area contributed by atoms with E-state index < -0.39 is 11.4 Å². The van der Waals surface area contributed by atoms with Crippen molar-refractivity contribution in [2.24, 2.45) is 5.41 Å². The van der Waals surface area contributed by atoms with Crippen LogP contribution >= 0.6 is 0 Å². The minimum absolute atomic E-state index is 0.613. The molecule has 0 saturated heterocycles. The Bertz CT molecular complexity index is 424. The summed E-state index contributed by atoms with van der Waals surface area (Å²) in [5.41, 5.74) is -0.616. The predicted molar refractivity (Wildman–Crippen MR) is 68.2 cm³/mol. The average molecular weight is 251 g/mol. The van der Waals surface area contributed by atoms with Crippen LogP contribution in [0.15, 0.2) is 12.4 Å². The molecule has 2 heterocycles. The van der Waals surface area contributed by atoms with Crippen LogP contribution in [-0.2, 0) is 17.9 Å². The van der Waals surface area contributed by atoms with Crippen LogP contribution in [0.25, 0.3) is 0 Å². The van der Waals surface area contributed by atoms with Crippen LogP contribution in [-0.4, -0.2) is 38.6 Å². The summed E-state index contributed by atoms with van der Waals surface area (Å²) in [6.07, 6.45) is 5.13. The molecule has 18 heavy (non-hydrogen) atoms. The van der Waals surface area contributed by atoms with Crippen molar-refractivity contribution < 1.29 is 9.90 Å². The lowest BCUT2D eigenvalue weighted by molar-refractivity contribution is -0.151. The van der Waals surface area contributed by atoms with E-state index in [0.29, 0.717) is 19.4 Å². The fourth-order valence-corrected chi connectivity index (χ4v) is 2.63. The van der Waals surface area contributed by atoms with Crippen molar-refractivity contribution in [1.29, 1.82) is 0 Å². The summed E-state index contributed by atoms with van der Waals surface area (Å²) < 4.78 is 2.14. The van der Waals surface area contributed by atoms with E-state index in [1.165, 1.54) is 0 Å². The molecule has 2 rings (SSSR count). The molecular weight excluding hydrogens is 230 g/mol. The second-order valence-corrected chi connectivity index (χ2v) is 5.04. The number of nitrogens with zero attached hydrogens (tertiary/aromatic N) is 3. The maximum atomic E-state index is 11.5. The molecular formula is C13H21N3O2. The van der Waals surface area contributed by atoms with Gasteiger partial charge in [-0.1, -0.05) is 13.8 Å². The lowest BCUT2D eigenvalue weighted by atomic mass is 9.81. The Labute approximate surface area is 107 Å². The number of rotatable bonds is 5. The highest BCUT2D eigenvalue weighted by molar-refractivity contribution is 5.74. The van der Waals surface area contributed by atoms with Gasteiger partial charge in [0.1, 0.15) is 5.82 Å². The highest BCUT2D eigenvalue weighted by Gasteiger charge is 2.37. The molecule has 1 N–H and O–H groups in total. The Morgan fingerprint density at radius 2 is 2.17 bits per heavy atom. The summed E-state index contributed by atoms with van der Waals surface area (Å²) in [6.45, 7) is 7.09. The summed E-state index contributed by atoms with van der Waals surface area (Å²) in [7, 11) is 0. The Balaban J connectivity index is 2.08. The summed E-state index contributed by atoms with van der Waals surface area (Å²) in [6, 6.07) is 0. The number of fused-ring (bicyclic) bond motifs is 1. The SMILES string of the molecule is CCC(CC)(CN1CCn2ccnc2C1)C(=O)O. The number of hydrogen-bond donors (Lipinski definition) is 1. The zero-order valence-electron chi connectivity index (χ0n) is 11.1. The van der Waals surface area contributed by atoms with E-state index in [-0.39, 0.29) is 0 Å². The van der Waals surface area contributed by atoms with Gasteiger partial charge in [0, 0.05) is 32.0 Å². The van der Waals surface area contributed by atoms with Crippen LogP contribution in [0.2, 0.25) is 0 Å². The summed E-state index contributed by atoms with van der Waals surface area (Å²) in [5.74, 6) is 0.356. The maximum Gasteiger partial charge on any atom is 0.310 e. The second-order valence-electron chi connectivity index (χ2n) is 5.04. The van der Waals surface area contributed by atoms with Crippen molar-refractivity contribution in [1.82, 2.24) is 14.5 Å². The van der Waals surface area contributed by atoms with Crippen LogP contribution in [0.4, 0.5) is 0 Å². The number of carboxylic acid groups (broad SMARTS) is 1. The normalized spacial score (nSPS) is 16.6. The molecule has 0 bridgehead atoms. The van der Waals surface area contributed by atoms with Crippen molar-refractivity contribution in [2.45, 2.75) is 39.8 Å². The number of hydrogen-bond acceptors (Lipinski definition) is 3. The molecule has 0 fully saturated rings. The van der Waals surface area contributed by atoms with Crippen LogP contribution in [0.5, 0.6) is 0 Å². The molecule has 0 aliphatic carbocycles. The molecule has 0 amide bonds. The lowest BCUT2D eigenvalue weighted by Crippen LogP contribution is -2.45. The molecule has 5 heteroatoms. The van der Waals surface area contributed by atoms with Gasteiger partial charge in [0.05, 0.1) is 12.0 Å². The largest absolute Gasteiger partial charge is 0.481 e. The Morgan fingerprint density at radius 1 is 1.44 bits per heavy atom. The Hall–Kier alpha value is -1.36. The number of carboxylic acids is 1. The molecule has 0 unspecified atom stereocenters. The zero-order chi connectivity index (χ0) is 13.2. The van der Waals surface area contributed by atoms with Gasteiger partial charge in [-0.25, -0.2) is 4.98 Å². The molecule has 1 aromatic heterocycles. The maximum absolute atomic E-state index is 11.5. The quantitative estimate of drug-likeness (QED) is 0.863. The van der Waals surface area contributed by atoms with Gasteiger partial charge in [0.15, 0.2) is 0 Å². The van der Waals surface area contributed by atoms with Crippen LogP contribution in [0.3, 0.4) is 0 Å². The summed E-state index contributed by atoms with van der Waals surface area (Å²) in [4.78, 5) is 18.0. The van der Waals surface area contributed by atoms with Gasteiger partial charge in [-0.3, -0.25) is 9.69 Å². The summed E-state index contributed by atoms with van der Waals surface area (Å²) >= 11 is 0. The fraction of sp³-hybridized carbons (Fsp3) is 0.692. The van der Waals surface area contributed by atoms with E-state index in [0.717, 1.165) is 25.5 Å². The minimum Gasteiger partial charge on any atom is -0.481 e. The van der Waals surface area contributed by atoms with Gasteiger partial charge >= 0.3 is 5.97 Å². The zero-order valence-corrected chi connectivity index (χ0v) is 11.1. The van der Waals surface area contributed by atoms with Crippen molar-refractivity contribution in [2.75, 3.05) is 13.1 Å². The first-order chi connectivity index (χ1) is 8.61. The third-order valence-electron chi connectivity index (χ3n) is 4.16. The first kappa shape index (κ1) is 13.1. The lowest BCUT2D eigenvalue weighted by Gasteiger charge is -2.35. The number of imidazole rings is 1. The molecule has 1 aliphatic heterocycles. The van der Waals surface area contributed by atoms with Crippen molar-refractivity contribution in [3.8, 4) is 0 Å². The van der Waals surface area contributed by atoms with E-state index >= 15 is 0 Å². The summed E-state index contributed by atoms with van der Waals surface area (Å²) in [5, 5.41) is 9.46. The second kappa shape index (κ2) is 5.10. The van der Waals surface area contributed by atoms with Crippen molar-refractivity contribution in [3.63, 3.8) is 0 Å². The Kier molecular flexibility index (Phi) is 3.71. The third kappa shape index (κ3) is 2.27. The van der Waals surface area contributed by atoms with Crippen LogP contribution < -0.4 is 0 Å². The predicted octanol–water partition coefficient (Wildman–Crippen LogP) is 1.59.